The molecule has 0 bridgehead atoms. The number of hydrogen-bond donors (Lipinski definition) is 1. The van der Waals surface area contributed by atoms with E-state index in [1.165, 1.54) is 11.3 Å². The highest BCUT2D eigenvalue weighted by atomic mass is 32.1. The molecule has 8 heteroatoms. The maximum Gasteiger partial charge on any atom is 0.262 e. The molecule has 7 nitrogen and oxygen atoms in total. The van der Waals surface area contributed by atoms with Crippen molar-refractivity contribution in [2.75, 3.05) is 5.32 Å². The van der Waals surface area contributed by atoms with Crippen molar-refractivity contribution in [3.63, 3.8) is 0 Å². The minimum absolute atomic E-state index is 0.213. The second kappa shape index (κ2) is 5.13. The summed E-state index contributed by atoms with van der Waals surface area (Å²) in [6.07, 6.45) is 5.10. The van der Waals surface area contributed by atoms with Crippen molar-refractivity contribution in [2.45, 2.75) is 13.8 Å². The van der Waals surface area contributed by atoms with Crippen LogP contribution < -0.4 is 5.32 Å². The number of aryl methyl sites for hydroxylation is 3. The van der Waals surface area contributed by atoms with E-state index in [1.54, 1.807) is 48.0 Å². The van der Waals surface area contributed by atoms with Crippen molar-refractivity contribution in [1.82, 2.24) is 24.5 Å². The van der Waals surface area contributed by atoms with E-state index in [-0.39, 0.29) is 5.91 Å². The largest absolute Gasteiger partial charge is 0.312 e. The first-order valence-corrected chi connectivity index (χ1v) is 7.15. The summed E-state index contributed by atoms with van der Waals surface area (Å²) in [5, 5.41) is 13.0. The average molecular weight is 302 g/mol. The minimum atomic E-state index is -0.213. The molecule has 0 spiro atoms. The van der Waals surface area contributed by atoms with Crippen LogP contribution in [-0.2, 0) is 7.05 Å². The van der Waals surface area contributed by atoms with E-state index in [1.807, 2.05) is 6.92 Å². The molecule has 0 fully saturated rings. The molecule has 108 valence electrons. The first-order chi connectivity index (χ1) is 10.1. The van der Waals surface area contributed by atoms with Gasteiger partial charge < -0.3 is 5.32 Å². The van der Waals surface area contributed by atoms with Crippen LogP contribution in [0.3, 0.4) is 0 Å². The Bertz CT molecular complexity index is 786. The van der Waals surface area contributed by atoms with Crippen molar-refractivity contribution in [3.05, 3.63) is 40.9 Å². The minimum Gasteiger partial charge on any atom is -0.312 e. The number of rotatable bonds is 3. The number of anilines is 1. The van der Waals surface area contributed by atoms with Gasteiger partial charge in [-0.15, -0.1) is 11.3 Å². The highest BCUT2D eigenvalue weighted by molar-refractivity contribution is 7.15. The van der Waals surface area contributed by atoms with Crippen LogP contribution >= 0.6 is 11.3 Å². The van der Waals surface area contributed by atoms with Crippen molar-refractivity contribution in [1.29, 1.82) is 0 Å². The van der Waals surface area contributed by atoms with E-state index < -0.39 is 0 Å². The molecule has 3 rings (SSSR count). The van der Waals surface area contributed by atoms with E-state index in [2.05, 4.69) is 20.5 Å². The predicted molar refractivity (Wildman–Crippen MR) is 79.9 cm³/mol. The Morgan fingerprint density at radius 1 is 1.38 bits per heavy atom. The van der Waals surface area contributed by atoms with Crippen LogP contribution in [0.15, 0.2) is 24.7 Å². The quantitative estimate of drug-likeness (QED) is 0.802. The third-order valence-electron chi connectivity index (χ3n) is 3.00. The van der Waals surface area contributed by atoms with Gasteiger partial charge in [-0.2, -0.15) is 10.2 Å². The number of thiazole rings is 1. The van der Waals surface area contributed by atoms with Crippen LogP contribution in [0.1, 0.15) is 21.1 Å². The summed E-state index contributed by atoms with van der Waals surface area (Å²) in [7, 11) is 1.79. The normalized spacial score (nSPS) is 10.8. The zero-order chi connectivity index (χ0) is 15.0. The summed E-state index contributed by atoms with van der Waals surface area (Å²) in [5.41, 5.74) is 1.16. The molecular weight excluding hydrogens is 288 g/mol. The standard InChI is InChI=1S/C13H14N6OS/c1-8-11(12(20)16-10-7-14-9(2)21-10)13(18(3)17-8)19-6-4-5-15-19/h4-7H,1-3H3,(H,16,20). The van der Waals surface area contributed by atoms with Gasteiger partial charge in [0.15, 0.2) is 5.82 Å². The van der Waals surface area contributed by atoms with Gasteiger partial charge in [-0.1, -0.05) is 0 Å². The van der Waals surface area contributed by atoms with Gasteiger partial charge >= 0.3 is 0 Å². The summed E-state index contributed by atoms with van der Waals surface area (Å²) in [5.74, 6) is 0.422. The van der Waals surface area contributed by atoms with Gasteiger partial charge in [-0.05, 0) is 19.9 Å². The van der Waals surface area contributed by atoms with Crippen LogP contribution in [0.25, 0.3) is 5.82 Å². The molecule has 3 aromatic heterocycles. The topological polar surface area (TPSA) is 77.6 Å². The molecule has 0 aliphatic heterocycles. The van der Waals surface area contributed by atoms with Crippen LogP contribution in [0.2, 0.25) is 0 Å². The van der Waals surface area contributed by atoms with E-state index in [9.17, 15) is 4.79 Å². The number of aromatic nitrogens is 5. The molecule has 1 N–H and O–H groups in total. The van der Waals surface area contributed by atoms with E-state index >= 15 is 0 Å². The molecule has 0 radical (unpaired) electrons. The lowest BCUT2D eigenvalue weighted by molar-refractivity contribution is 0.102. The lowest BCUT2D eigenvalue weighted by atomic mass is 10.2. The summed E-state index contributed by atoms with van der Waals surface area (Å²) >= 11 is 1.43. The molecular formula is C13H14N6OS. The van der Waals surface area contributed by atoms with Crippen LogP contribution in [-0.4, -0.2) is 30.5 Å². The predicted octanol–water partition coefficient (Wildman–Crippen LogP) is 1.93. The fourth-order valence-electron chi connectivity index (χ4n) is 2.16. The van der Waals surface area contributed by atoms with Gasteiger partial charge in [-0.3, -0.25) is 4.79 Å². The molecule has 0 aromatic carbocycles. The van der Waals surface area contributed by atoms with Crippen molar-refractivity contribution < 1.29 is 4.79 Å². The smallest absolute Gasteiger partial charge is 0.262 e. The lowest BCUT2D eigenvalue weighted by Crippen LogP contribution is -2.15. The maximum atomic E-state index is 12.5. The fourth-order valence-corrected chi connectivity index (χ4v) is 2.84. The molecule has 0 aliphatic rings. The number of nitrogens with zero attached hydrogens (tertiary/aromatic N) is 5. The molecule has 3 aromatic rings. The summed E-state index contributed by atoms with van der Waals surface area (Å²) in [6, 6.07) is 1.80. The Labute approximate surface area is 125 Å². The van der Waals surface area contributed by atoms with Crippen molar-refractivity contribution in [2.24, 2.45) is 7.05 Å². The Balaban J connectivity index is 2.00. The molecule has 0 unspecified atom stereocenters. The van der Waals surface area contributed by atoms with Gasteiger partial charge in [0.1, 0.15) is 10.6 Å². The Kier molecular flexibility index (Phi) is 3.30. The van der Waals surface area contributed by atoms with E-state index in [0.717, 1.165) is 5.01 Å². The van der Waals surface area contributed by atoms with Gasteiger partial charge in [0.05, 0.1) is 16.9 Å². The number of amides is 1. The maximum absolute atomic E-state index is 12.5. The van der Waals surface area contributed by atoms with E-state index in [0.29, 0.717) is 22.1 Å². The van der Waals surface area contributed by atoms with Gasteiger partial charge in [0.2, 0.25) is 0 Å². The SMILES string of the molecule is Cc1ncc(NC(=O)c2c(C)nn(C)c2-n2cccn2)s1. The third kappa shape index (κ3) is 2.45. The lowest BCUT2D eigenvalue weighted by Gasteiger charge is -2.06. The number of hydrogen-bond acceptors (Lipinski definition) is 5. The van der Waals surface area contributed by atoms with Crippen molar-refractivity contribution >= 4 is 22.2 Å². The summed E-state index contributed by atoms with van der Waals surface area (Å²) in [4.78, 5) is 16.7. The Morgan fingerprint density at radius 3 is 2.81 bits per heavy atom. The average Bonchev–Trinajstić information content (AvgIpc) is 3.11. The number of nitrogens with one attached hydrogen (secondary N) is 1. The monoisotopic (exact) mass is 302 g/mol. The fraction of sp³-hybridized carbons (Fsp3) is 0.231. The molecule has 21 heavy (non-hydrogen) atoms. The molecule has 0 saturated heterocycles. The second-order valence-corrected chi connectivity index (χ2v) is 5.79. The third-order valence-corrected chi connectivity index (χ3v) is 3.83. The van der Waals surface area contributed by atoms with Crippen molar-refractivity contribution in [3.8, 4) is 5.82 Å². The Morgan fingerprint density at radius 2 is 2.19 bits per heavy atom. The zero-order valence-corrected chi connectivity index (χ0v) is 12.7. The van der Waals surface area contributed by atoms with Gasteiger partial charge in [0.25, 0.3) is 5.91 Å². The van der Waals surface area contributed by atoms with Gasteiger partial charge in [0, 0.05) is 19.4 Å². The number of carbonyl (C=O) groups is 1. The van der Waals surface area contributed by atoms with Crippen LogP contribution in [0, 0.1) is 13.8 Å². The highest BCUT2D eigenvalue weighted by Crippen LogP contribution is 2.22. The summed E-state index contributed by atoms with van der Waals surface area (Å²) in [6.45, 7) is 3.70. The highest BCUT2D eigenvalue weighted by Gasteiger charge is 2.22. The van der Waals surface area contributed by atoms with Crippen LogP contribution in [0.4, 0.5) is 5.00 Å². The molecule has 0 saturated carbocycles. The first-order valence-electron chi connectivity index (χ1n) is 6.33. The molecule has 0 aliphatic carbocycles. The summed E-state index contributed by atoms with van der Waals surface area (Å²) < 4.78 is 3.28. The number of carbonyl (C=O) groups excluding carboxylic acids is 1. The molecule has 3 heterocycles. The molecule has 1 amide bonds. The van der Waals surface area contributed by atoms with Gasteiger partial charge in [-0.25, -0.2) is 14.3 Å². The second-order valence-electron chi connectivity index (χ2n) is 4.56. The van der Waals surface area contributed by atoms with E-state index in [4.69, 9.17) is 0 Å². The van der Waals surface area contributed by atoms with Crippen LogP contribution in [0.5, 0.6) is 0 Å². The molecule has 0 atom stereocenters. The first kappa shape index (κ1) is 13.5. The Hall–Kier alpha value is -2.48. The zero-order valence-electron chi connectivity index (χ0n) is 11.9.